The Balaban J connectivity index is 1.54. The summed E-state index contributed by atoms with van der Waals surface area (Å²) in [7, 11) is 0. The molecule has 0 bridgehead atoms. The summed E-state index contributed by atoms with van der Waals surface area (Å²) in [4.78, 5) is 30.0. The smallest absolute Gasteiger partial charge is 0.320 e. The second kappa shape index (κ2) is 9.98. The van der Waals surface area contributed by atoms with E-state index >= 15 is 0 Å². The molecule has 0 radical (unpaired) electrons. The monoisotopic (exact) mass is 516 g/mol. The molecule has 2 fully saturated rings. The highest BCUT2D eigenvalue weighted by atomic mass is 35.5. The number of anilines is 1. The van der Waals surface area contributed by atoms with Crippen LogP contribution in [0.15, 0.2) is 36.4 Å². The van der Waals surface area contributed by atoms with Gasteiger partial charge in [0.15, 0.2) is 0 Å². The quantitative estimate of drug-likeness (QED) is 0.587. The Morgan fingerprint density at radius 2 is 1.89 bits per heavy atom. The van der Waals surface area contributed by atoms with Crippen LogP contribution in [0.4, 0.5) is 32.4 Å². The van der Waals surface area contributed by atoms with Gasteiger partial charge < -0.3 is 15.1 Å². The molecular formula is C23H22ClF5N4O2. The zero-order chi connectivity index (χ0) is 25.3. The lowest BCUT2D eigenvalue weighted by Gasteiger charge is -2.42. The summed E-state index contributed by atoms with van der Waals surface area (Å²) in [6, 6.07) is 5.16. The first-order valence-corrected chi connectivity index (χ1v) is 11.2. The van der Waals surface area contributed by atoms with Crippen LogP contribution in [0.1, 0.15) is 18.4 Å². The number of benzene rings is 2. The molecule has 0 aliphatic carbocycles. The molecule has 2 aromatic rings. The third-order valence-corrected chi connectivity index (χ3v) is 6.34. The fourth-order valence-corrected chi connectivity index (χ4v) is 4.42. The van der Waals surface area contributed by atoms with E-state index in [0.29, 0.717) is 6.07 Å². The summed E-state index contributed by atoms with van der Waals surface area (Å²) >= 11 is 5.78. The molecule has 3 amide bonds. The Labute approximate surface area is 203 Å². The molecule has 1 unspecified atom stereocenters. The van der Waals surface area contributed by atoms with Crippen LogP contribution in [0, 0.1) is 17.5 Å². The van der Waals surface area contributed by atoms with E-state index in [9.17, 15) is 31.5 Å². The molecule has 2 aliphatic heterocycles. The zero-order valence-electron chi connectivity index (χ0n) is 18.4. The van der Waals surface area contributed by atoms with Crippen molar-refractivity contribution in [2.45, 2.75) is 31.4 Å². The third kappa shape index (κ3) is 6.02. The van der Waals surface area contributed by atoms with Gasteiger partial charge >= 0.3 is 6.03 Å². The van der Waals surface area contributed by atoms with Crippen LogP contribution in [-0.2, 0) is 11.3 Å². The fourth-order valence-electron chi connectivity index (χ4n) is 4.24. The Morgan fingerprint density at radius 1 is 1.11 bits per heavy atom. The van der Waals surface area contributed by atoms with Gasteiger partial charge in [-0.1, -0.05) is 17.7 Å². The highest BCUT2D eigenvalue weighted by Gasteiger charge is 2.42. The molecule has 35 heavy (non-hydrogen) atoms. The lowest BCUT2D eigenvalue weighted by molar-refractivity contribution is -0.139. The number of rotatable bonds is 5. The van der Waals surface area contributed by atoms with Gasteiger partial charge in [-0.2, -0.15) is 0 Å². The SMILES string of the molecule is O=C1CC(CN2CCC(F)(F)C2)N(C(=O)Nc2ccc(F)c(Cl)c2)CN1Cc1ccc(F)cc1F. The van der Waals surface area contributed by atoms with E-state index < -0.39 is 47.9 Å². The molecule has 2 saturated heterocycles. The van der Waals surface area contributed by atoms with E-state index in [0.717, 1.165) is 12.1 Å². The van der Waals surface area contributed by atoms with Crippen LogP contribution >= 0.6 is 11.6 Å². The van der Waals surface area contributed by atoms with Crippen molar-refractivity contribution in [1.82, 2.24) is 14.7 Å². The maximum Gasteiger partial charge on any atom is 0.323 e. The average Bonchev–Trinajstić information content (AvgIpc) is 3.12. The first-order chi connectivity index (χ1) is 16.5. The molecule has 0 saturated carbocycles. The predicted octanol–water partition coefficient (Wildman–Crippen LogP) is 4.69. The van der Waals surface area contributed by atoms with Crippen molar-refractivity contribution >= 4 is 29.2 Å². The van der Waals surface area contributed by atoms with E-state index in [4.69, 9.17) is 11.6 Å². The van der Waals surface area contributed by atoms with Crippen LogP contribution in [0.3, 0.4) is 0 Å². The first kappa shape index (κ1) is 25.2. The highest BCUT2D eigenvalue weighted by molar-refractivity contribution is 6.31. The van der Waals surface area contributed by atoms with E-state index in [1.807, 2.05) is 0 Å². The summed E-state index contributed by atoms with van der Waals surface area (Å²) in [5, 5.41) is 2.37. The van der Waals surface area contributed by atoms with Gasteiger partial charge in [-0.05, 0) is 24.3 Å². The number of halogens is 6. The van der Waals surface area contributed by atoms with Gasteiger partial charge in [0.25, 0.3) is 5.92 Å². The third-order valence-electron chi connectivity index (χ3n) is 6.05. The standard InChI is InChI=1S/C23H22ClF5N4O2/c24-18-8-16(3-4-19(18)26)30-22(35)33-13-32(10-14-1-2-15(25)7-20(14)27)21(34)9-17(33)11-31-6-5-23(28,29)12-31/h1-4,7-8,17H,5-6,9-13H2,(H,30,35). The van der Waals surface area contributed by atoms with Gasteiger partial charge in [-0.15, -0.1) is 0 Å². The Morgan fingerprint density at radius 3 is 2.54 bits per heavy atom. The zero-order valence-corrected chi connectivity index (χ0v) is 19.2. The second-order valence-electron chi connectivity index (χ2n) is 8.70. The van der Waals surface area contributed by atoms with Crippen LogP contribution in [0.2, 0.25) is 5.02 Å². The van der Waals surface area contributed by atoms with E-state index in [1.54, 1.807) is 0 Å². The van der Waals surface area contributed by atoms with Crippen LogP contribution in [-0.4, -0.2) is 64.9 Å². The number of amides is 3. The fraction of sp³-hybridized carbons (Fsp3) is 0.391. The number of hydrogen-bond donors (Lipinski definition) is 1. The minimum Gasteiger partial charge on any atom is -0.320 e. The number of hydrogen-bond acceptors (Lipinski definition) is 3. The topological polar surface area (TPSA) is 55.9 Å². The van der Waals surface area contributed by atoms with Crippen molar-refractivity contribution in [2.24, 2.45) is 0 Å². The lowest BCUT2D eigenvalue weighted by atomic mass is 10.1. The molecule has 4 rings (SSSR count). The number of nitrogens with one attached hydrogen (secondary N) is 1. The van der Waals surface area contributed by atoms with Crippen molar-refractivity contribution in [3.05, 3.63) is 64.4 Å². The maximum atomic E-state index is 14.2. The lowest BCUT2D eigenvalue weighted by Crippen LogP contribution is -2.59. The van der Waals surface area contributed by atoms with E-state index in [2.05, 4.69) is 5.32 Å². The Kier molecular flexibility index (Phi) is 7.18. The normalized spacial score (nSPS) is 20.4. The van der Waals surface area contributed by atoms with Gasteiger partial charge in [0, 0.05) is 43.2 Å². The highest BCUT2D eigenvalue weighted by Crippen LogP contribution is 2.29. The number of nitrogens with zero attached hydrogens (tertiary/aromatic N) is 3. The van der Waals surface area contributed by atoms with Crippen molar-refractivity contribution in [3.63, 3.8) is 0 Å². The van der Waals surface area contributed by atoms with Gasteiger partial charge in [-0.3, -0.25) is 9.69 Å². The van der Waals surface area contributed by atoms with Crippen LogP contribution in [0.25, 0.3) is 0 Å². The molecule has 6 nitrogen and oxygen atoms in total. The molecule has 12 heteroatoms. The largest absolute Gasteiger partial charge is 0.323 e. The van der Waals surface area contributed by atoms with Crippen molar-refractivity contribution in [1.29, 1.82) is 0 Å². The number of carbonyl (C=O) groups excluding carboxylic acids is 2. The molecule has 2 aliphatic rings. The molecule has 0 spiro atoms. The Hall–Kier alpha value is -2.92. The molecule has 0 aromatic heterocycles. The Bertz CT molecular complexity index is 1140. The second-order valence-corrected chi connectivity index (χ2v) is 9.10. The number of carbonyl (C=O) groups is 2. The van der Waals surface area contributed by atoms with Gasteiger partial charge in [0.05, 0.1) is 30.8 Å². The molecule has 1 atom stereocenters. The van der Waals surface area contributed by atoms with Gasteiger partial charge in [-0.25, -0.2) is 26.7 Å². The van der Waals surface area contributed by atoms with Gasteiger partial charge in [0.1, 0.15) is 17.5 Å². The summed E-state index contributed by atoms with van der Waals surface area (Å²) < 4.78 is 68.3. The molecule has 1 N–H and O–H groups in total. The molecular weight excluding hydrogens is 495 g/mol. The average molecular weight is 517 g/mol. The molecule has 188 valence electrons. The minimum absolute atomic E-state index is 0.0394. The number of likely N-dealkylation sites (tertiary alicyclic amines) is 1. The van der Waals surface area contributed by atoms with Gasteiger partial charge in [0.2, 0.25) is 5.91 Å². The van der Waals surface area contributed by atoms with Crippen molar-refractivity contribution in [2.75, 3.05) is 31.6 Å². The predicted molar refractivity (Wildman–Crippen MR) is 118 cm³/mol. The van der Waals surface area contributed by atoms with Crippen LogP contribution in [0.5, 0.6) is 0 Å². The molecule has 2 aromatic carbocycles. The summed E-state index contributed by atoms with van der Waals surface area (Å²) in [5.41, 5.74) is 0.254. The van der Waals surface area contributed by atoms with Crippen LogP contribution < -0.4 is 5.32 Å². The van der Waals surface area contributed by atoms with E-state index in [-0.39, 0.29) is 55.4 Å². The first-order valence-electron chi connectivity index (χ1n) is 10.9. The van der Waals surface area contributed by atoms with Crippen molar-refractivity contribution < 1.29 is 31.5 Å². The minimum atomic E-state index is -2.84. The maximum absolute atomic E-state index is 14.2. The number of urea groups is 1. The number of alkyl halides is 2. The summed E-state index contributed by atoms with van der Waals surface area (Å²) in [6.07, 6.45) is -0.494. The van der Waals surface area contributed by atoms with E-state index in [1.165, 1.54) is 32.9 Å². The summed E-state index contributed by atoms with van der Waals surface area (Å²) in [6.45, 7) is -0.801. The molecule has 2 heterocycles. The summed E-state index contributed by atoms with van der Waals surface area (Å²) in [5.74, 6) is -5.52. The van der Waals surface area contributed by atoms with Crippen molar-refractivity contribution in [3.8, 4) is 0 Å².